The third-order valence-electron chi connectivity index (χ3n) is 4.68. The predicted octanol–water partition coefficient (Wildman–Crippen LogP) is 4.61. The van der Waals surface area contributed by atoms with Crippen molar-refractivity contribution in [2.45, 2.75) is 12.7 Å². The first-order chi connectivity index (χ1) is 15.0. The summed E-state index contributed by atoms with van der Waals surface area (Å²) in [5, 5.41) is 4.38. The molecule has 0 radical (unpaired) electrons. The number of rotatable bonds is 4. The summed E-state index contributed by atoms with van der Waals surface area (Å²) in [5.41, 5.74) is 3.39. The summed E-state index contributed by atoms with van der Waals surface area (Å²) in [6, 6.07) is 10.8. The van der Waals surface area contributed by atoms with E-state index in [1.54, 1.807) is 24.7 Å². The predicted molar refractivity (Wildman–Crippen MR) is 105 cm³/mol. The van der Waals surface area contributed by atoms with E-state index in [-0.39, 0.29) is 5.82 Å². The maximum absolute atomic E-state index is 12.7. The average Bonchev–Trinajstić information content (AvgIpc) is 3.42. The minimum absolute atomic E-state index is 0.169. The second-order valence-electron chi connectivity index (χ2n) is 6.78. The molecule has 5 aromatic heterocycles. The zero-order valence-corrected chi connectivity index (χ0v) is 15.8. The average molecular weight is 422 g/mol. The van der Waals surface area contributed by atoms with Crippen LogP contribution in [0.1, 0.15) is 11.5 Å². The summed E-state index contributed by atoms with van der Waals surface area (Å²) in [6.45, 7) is 0.636. The molecule has 0 saturated heterocycles. The Morgan fingerprint density at radius 1 is 0.968 bits per heavy atom. The molecule has 0 saturated carbocycles. The van der Waals surface area contributed by atoms with Crippen LogP contribution in [0.4, 0.5) is 13.2 Å². The summed E-state index contributed by atoms with van der Waals surface area (Å²) >= 11 is 0. The lowest BCUT2D eigenvalue weighted by atomic mass is 10.1. The van der Waals surface area contributed by atoms with Crippen LogP contribution in [0.2, 0.25) is 0 Å². The Morgan fingerprint density at radius 2 is 1.84 bits per heavy atom. The zero-order valence-electron chi connectivity index (χ0n) is 15.8. The Bertz CT molecular complexity index is 1360. The number of fused-ring (bicyclic) bond motifs is 1. The van der Waals surface area contributed by atoms with E-state index in [1.807, 2.05) is 30.5 Å². The van der Waals surface area contributed by atoms with Gasteiger partial charge in [-0.25, -0.2) is 0 Å². The lowest BCUT2D eigenvalue weighted by Gasteiger charge is -2.07. The highest BCUT2D eigenvalue weighted by atomic mass is 19.4. The molecule has 0 spiro atoms. The highest BCUT2D eigenvalue weighted by Crippen LogP contribution is 2.30. The minimum atomic E-state index is -4.70. The van der Waals surface area contributed by atoms with Crippen LogP contribution < -0.4 is 0 Å². The third-order valence-corrected chi connectivity index (χ3v) is 4.68. The molecule has 31 heavy (non-hydrogen) atoms. The van der Waals surface area contributed by atoms with Gasteiger partial charge in [-0.15, -0.1) is 0 Å². The van der Waals surface area contributed by atoms with Gasteiger partial charge in [0.05, 0.1) is 16.9 Å². The van der Waals surface area contributed by atoms with Crippen LogP contribution in [0, 0.1) is 0 Å². The van der Waals surface area contributed by atoms with E-state index in [0.29, 0.717) is 23.5 Å². The molecular formula is C21H13F3N6O. The molecule has 0 fully saturated rings. The second kappa shape index (κ2) is 7.31. The molecule has 0 bridgehead atoms. The van der Waals surface area contributed by atoms with Crippen molar-refractivity contribution in [2.75, 3.05) is 0 Å². The van der Waals surface area contributed by atoms with E-state index in [2.05, 4.69) is 34.2 Å². The normalized spacial score (nSPS) is 11.8. The summed E-state index contributed by atoms with van der Waals surface area (Å²) in [7, 11) is 0. The minimum Gasteiger partial charge on any atom is -0.343 e. The fourth-order valence-electron chi connectivity index (χ4n) is 3.21. The van der Waals surface area contributed by atoms with E-state index < -0.39 is 12.1 Å². The standard InChI is InChI=1S/C21H13F3N6O/c22-21(23,24)20-28-19(29-31-20)14-3-6-26-16(8-14)17-9-18-15(11-27-17)4-7-30(18)12-13-2-1-5-25-10-13/h1-11H,12H2. The molecule has 5 heterocycles. The van der Waals surface area contributed by atoms with Crippen LogP contribution in [0.3, 0.4) is 0 Å². The fraction of sp³-hybridized carbons (Fsp3) is 0.0952. The van der Waals surface area contributed by atoms with Gasteiger partial charge in [0, 0.05) is 48.5 Å². The Labute approximate surface area is 173 Å². The number of hydrogen-bond donors (Lipinski definition) is 0. The second-order valence-corrected chi connectivity index (χ2v) is 6.78. The molecule has 0 aliphatic heterocycles. The van der Waals surface area contributed by atoms with Gasteiger partial charge in [0.1, 0.15) is 0 Å². The number of aromatic nitrogens is 6. The molecule has 0 N–H and O–H groups in total. The largest absolute Gasteiger partial charge is 0.471 e. The Hall–Kier alpha value is -4.08. The first-order valence-corrected chi connectivity index (χ1v) is 9.19. The third kappa shape index (κ3) is 3.75. The van der Waals surface area contributed by atoms with Crippen LogP contribution in [-0.2, 0) is 12.7 Å². The van der Waals surface area contributed by atoms with Crippen LogP contribution in [0.15, 0.2) is 71.9 Å². The number of alkyl halides is 3. The number of pyridine rings is 3. The fourth-order valence-corrected chi connectivity index (χ4v) is 3.21. The molecule has 0 aliphatic carbocycles. The van der Waals surface area contributed by atoms with E-state index in [4.69, 9.17) is 0 Å². The Morgan fingerprint density at radius 3 is 2.61 bits per heavy atom. The quantitative estimate of drug-likeness (QED) is 0.421. The zero-order chi connectivity index (χ0) is 21.4. The van der Waals surface area contributed by atoms with Gasteiger partial charge in [-0.05, 0) is 35.9 Å². The van der Waals surface area contributed by atoms with Crippen LogP contribution in [0.5, 0.6) is 0 Å². The van der Waals surface area contributed by atoms with E-state index in [9.17, 15) is 13.2 Å². The number of nitrogens with zero attached hydrogens (tertiary/aromatic N) is 6. The first kappa shape index (κ1) is 18.9. The van der Waals surface area contributed by atoms with Crippen molar-refractivity contribution in [1.29, 1.82) is 0 Å². The van der Waals surface area contributed by atoms with Crippen LogP contribution in [0.25, 0.3) is 33.7 Å². The topological polar surface area (TPSA) is 82.5 Å². The molecule has 10 heteroatoms. The molecule has 0 unspecified atom stereocenters. The molecular weight excluding hydrogens is 409 g/mol. The Balaban J connectivity index is 1.50. The maximum atomic E-state index is 12.7. The van der Waals surface area contributed by atoms with Gasteiger partial charge in [-0.3, -0.25) is 15.0 Å². The maximum Gasteiger partial charge on any atom is 0.471 e. The molecule has 0 amide bonds. The molecule has 5 aromatic rings. The molecule has 0 atom stereocenters. The molecule has 0 aliphatic rings. The highest BCUT2D eigenvalue weighted by molar-refractivity contribution is 5.83. The molecule has 7 nitrogen and oxygen atoms in total. The van der Waals surface area contributed by atoms with Gasteiger partial charge in [-0.2, -0.15) is 18.2 Å². The lowest BCUT2D eigenvalue weighted by molar-refractivity contribution is -0.159. The van der Waals surface area contributed by atoms with E-state index in [0.717, 1.165) is 16.5 Å². The van der Waals surface area contributed by atoms with Crippen molar-refractivity contribution >= 4 is 10.9 Å². The van der Waals surface area contributed by atoms with Gasteiger partial charge in [0.2, 0.25) is 5.82 Å². The van der Waals surface area contributed by atoms with Crippen LogP contribution >= 0.6 is 0 Å². The van der Waals surface area contributed by atoms with Crippen molar-refractivity contribution in [1.82, 2.24) is 29.7 Å². The van der Waals surface area contributed by atoms with Crippen molar-refractivity contribution in [3.05, 3.63) is 78.8 Å². The first-order valence-electron chi connectivity index (χ1n) is 9.19. The summed E-state index contributed by atoms with van der Waals surface area (Å²) in [6.07, 6.45) is 3.99. The molecule has 5 rings (SSSR count). The smallest absolute Gasteiger partial charge is 0.343 e. The van der Waals surface area contributed by atoms with Gasteiger partial charge in [0.15, 0.2) is 0 Å². The molecule has 154 valence electrons. The van der Waals surface area contributed by atoms with E-state index >= 15 is 0 Å². The summed E-state index contributed by atoms with van der Waals surface area (Å²) in [4.78, 5) is 16.3. The van der Waals surface area contributed by atoms with Gasteiger partial charge >= 0.3 is 12.1 Å². The Kier molecular flexibility index (Phi) is 4.46. The SMILES string of the molecule is FC(F)(F)c1nc(-c2ccnc(-c3cc4c(ccn4Cc4cccnc4)cn3)c2)no1. The van der Waals surface area contributed by atoms with Gasteiger partial charge in [-0.1, -0.05) is 11.2 Å². The van der Waals surface area contributed by atoms with Crippen molar-refractivity contribution in [2.24, 2.45) is 0 Å². The highest BCUT2D eigenvalue weighted by Gasteiger charge is 2.38. The van der Waals surface area contributed by atoms with Gasteiger partial charge in [0.25, 0.3) is 0 Å². The van der Waals surface area contributed by atoms with Crippen molar-refractivity contribution in [3.63, 3.8) is 0 Å². The summed E-state index contributed by atoms with van der Waals surface area (Å²) < 4.78 is 44.6. The van der Waals surface area contributed by atoms with Gasteiger partial charge < -0.3 is 9.09 Å². The number of hydrogen-bond acceptors (Lipinski definition) is 6. The molecule has 0 aromatic carbocycles. The lowest BCUT2D eigenvalue weighted by Crippen LogP contribution is -2.04. The van der Waals surface area contributed by atoms with Crippen molar-refractivity contribution < 1.29 is 17.7 Å². The van der Waals surface area contributed by atoms with Crippen LogP contribution in [-0.4, -0.2) is 29.7 Å². The van der Waals surface area contributed by atoms with Crippen molar-refractivity contribution in [3.8, 4) is 22.8 Å². The van der Waals surface area contributed by atoms with E-state index in [1.165, 1.54) is 12.3 Å². The summed E-state index contributed by atoms with van der Waals surface area (Å²) in [5.74, 6) is -1.56. The number of halogens is 3. The monoisotopic (exact) mass is 422 g/mol.